The number of carbonyl (C=O) groups excluding carboxylic acids is 1. The Morgan fingerprint density at radius 3 is 2.81 bits per heavy atom. The van der Waals surface area contributed by atoms with Crippen LogP contribution < -0.4 is 0 Å². The summed E-state index contributed by atoms with van der Waals surface area (Å²) in [6, 6.07) is 1.74. The second-order valence-corrected chi connectivity index (χ2v) is 7.15. The second-order valence-electron chi connectivity index (χ2n) is 7.15. The highest BCUT2D eigenvalue weighted by atomic mass is 19.4. The van der Waals surface area contributed by atoms with Gasteiger partial charge in [-0.1, -0.05) is 13.8 Å². The zero-order chi connectivity index (χ0) is 19.1. The molecule has 2 aromatic heterocycles. The van der Waals surface area contributed by atoms with E-state index in [1.54, 1.807) is 22.6 Å². The first-order valence-corrected chi connectivity index (χ1v) is 8.59. The van der Waals surface area contributed by atoms with E-state index in [0.717, 1.165) is 11.9 Å². The Labute approximate surface area is 149 Å². The van der Waals surface area contributed by atoms with Crippen molar-refractivity contribution in [2.45, 2.75) is 45.3 Å². The van der Waals surface area contributed by atoms with E-state index in [9.17, 15) is 18.0 Å². The topological polar surface area (TPSA) is 66.8 Å². The Balaban J connectivity index is 1.64. The minimum absolute atomic E-state index is 0.0789. The van der Waals surface area contributed by atoms with Gasteiger partial charge < -0.3 is 9.47 Å². The van der Waals surface area contributed by atoms with Gasteiger partial charge in [0.15, 0.2) is 5.69 Å². The van der Waals surface area contributed by atoms with Gasteiger partial charge in [0.1, 0.15) is 11.5 Å². The summed E-state index contributed by atoms with van der Waals surface area (Å²) in [6.07, 6.45) is -2.20. The van der Waals surface area contributed by atoms with Crippen molar-refractivity contribution in [3.05, 3.63) is 35.2 Å². The van der Waals surface area contributed by atoms with Gasteiger partial charge in [-0.25, -0.2) is 4.98 Å². The lowest BCUT2D eigenvalue weighted by molar-refractivity contribution is -0.141. The summed E-state index contributed by atoms with van der Waals surface area (Å²) in [5.74, 6) is 0.586. The molecule has 0 unspecified atom stereocenters. The molecule has 0 fully saturated rings. The maximum atomic E-state index is 12.8. The molecule has 1 atom stereocenters. The molecule has 0 spiro atoms. The molecule has 3 rings (SSSR count). The molecule has 0 aliphatic carbocycles. The van der Waals surface area contributed by atoms with Crippen LogP contribution in [0.2, 0.25) is 0 Å². The summed E-state index contributed by atoms with van der Waals surface area (Å²) in [7, 11) is 1.69. The lowest BCUT2D eigenvalue weighted by Gasteiger charge is -2.27. The van der Waals surface area contributed by atoms with Gasteiger partial charge in [0.2, 0.25) is 0 Å². The summed E-state index contributed by atoms with van der Waals surface area (Å²) in [5.41, 5.74) is 0.396. The van der Waals surface area contributed by atoms with Crippen LogP contribution in [0.4, 0.5) is 13.2 Å². The van der Waals surface area contributed by atoms with Gasteiger partial charge in [-0.05, 0) is 24.3 Å². The Kier molecular flexibility index (Phi) is 4.81. The fourth-order valence-electron chi connectivity index (χ4n) is 3.21. The number of hydrogen-bond acceptors (Lipinski definition) is 3. The van der Waals surface area contributed by atoms with Crippen LogP contribution in [-0.2, 0) is 19.1 Å². The molecular weight excluding hydrogens is 347 g/mol. The molecule has 1 aliphatic heterocycles. The van der Waals surface area contributed by atoms with Crippen LogP contribution in [0, 0.1) is 5.92 Å². The van der Waals surface area contributed by atoms with Gasteiger partial charge >= 0.3 is 6.18 Å². The van der Waals surface area contributed by atoms with E-state index < -0.39 is 11.9 Å². The molecule has 1 amide bonds. The van der Waals surface area contributed by atoms with Gasteiger partial charge in [-0.3, -0.25) is 9.89 Å². The highest BCUT2D eigenvalue weighted by Crippen LogP contribution is 2.30. The van der Waals surface area contributed by atoms with Crippen molar-refractivity contribution in [3.8, 4) is 0 Å². The van der Waals surface area contributed by atoms with Gasteiger partial charge in [0.25, 0.3) is 5.91 Å². The minimum Gasteiger partial charge on any atom is -0.340 e. The van der Waals surface area contributed by atoms with Crippen LogP contribution >= 0.6 is 0 Å². The van der Waals surface area contributed by atoms with Crippen LogP contribution in [0.3, 0.4) is 0 Å². The summed E-state index contributed by atoms with van der Waals surface area (Å²) >= 11 is 0. The van der Waals surface area contributed by atoms with Crippen molar-refractivity contribution >= 4 is 5.91 Å². The molecule has 0 radical (unpaired) electrons. The third-order valence-electron chi connectivity index (χ3n) is 4.70. The van der Waals surface area contributed by atoms with E-state index in [0.29, 0.717) is 37.4 Å². The minimum atomic E-state index is -4.43. The molecule has 0 saturated heterocycles. The Morgan fingerprint density at radius 2 is 2.19 bits per heavy atom. The Hall–Kier alpha value is -2.32. The van der Waals surface area contributed by atoms with Crippen LogP contribution in [-0.4, -0.2) is 44.1 Å². The van der Waals surface area contributed by atoms with Crippen LogP contribution in [0.5, 0.6) is 0 Å². The number of fused-ring (bicyclic) bond motifs is 1. The fourth-order valence-corrected chi connectivity index (χ4v) is 3.21. The monoisotopic (exact) mass is 369 g/mol. The first-order valence-electron chi connectivity index (χ1n) is 8.59. The number of halogens is 3. The average molecular weight is 369 g/mol. The smallest absolute Gasteiger partial charge is 0.340 e. The van der Waals surface area contributed by atoms with E-state index in [-0.39, 0.29) is 17.7 Å². The van der Waals surface area contributed by atoms with Crippen molar-refractivity contribution < 1.29 is 18.0 Å². The number of nitrogens with zero attached hydrogens (tertiary/aromatic N) is 4. The van der Waals surface area contributed by atoms with Gasteiger partial charge in [0.05, 0.1) is 0 Å². The number of H-pyrrole nitrogens is 1. The standard InChI is InChI=1S/C17H22F3N5O/c1-10(2)12-6-13(23-22-12)16(26)24(3)7-11-4-5-15-21-14(17(18,19)20)9-25(15)8-11/h6,9-11H,4-5,7-8H2,1-3H3,(H,22,23)/t11-/m1/s1. The lowest BCUT2D eigenvalue weighted by Crippen LogP contribution is -2.35. The molecule has 2 aromatic rings. The predicted octanol–water partition coefficient (Wildman–Crippen LogP) is 3.08. The number of nitrogens with one attached hydrogen (secondary N) is 1. The third-order valence-corrected chi connectivity index (χ3v) is 4.70. The zero-order valence-electron chi connectivity index (χ0n) is 15.0. The zero-order valence-corrected chi connectivity index (χ0v) is 15.0. The molecule has 9 heteroatoms. The third kappa shape index (κ3) is 3.76. The van der Waals surface area contributed by atoms with Crippen LogP contribution in [0.1, 0.15) is 53.9 Å². The molecular formula is C17H22F3N5O. The normalized spacial score (nSPS) is 17.4. The molecule has 142 valence electrons. The molecule has 0 saturated carbocycles. The number of aryl methyl sites for hydroxylation is 1. The summed E-state index contributed by atoms with van der Waals surface area (Å²) in [5, 5.41) is 6.92. The summed E-state index contributed by atoms with van der Waals surface area (Å²) in [6.45, 7) is 4.90. The lowest BCUT2D eigenvalue weighted by atomic mass is 9.99. The van der Waals surface area contributed by atoms with E-state index in [4.69, 9.17) is 0 Å². The van der Waals surface area contributed by atoms with Gasteiger partial charge in [-0.2, -0.15) is 18.3 Å². The maximum absolute atomic E-state index is 12.8. The molecule has 1 aliphatic rings. The van der Waals surface area contributed by atoms with E-state index in [2.05, 4.69) is 15.2 Å². The quantitative estimate of drug-likeness (QED) is 0.901. The molecule has 6 nitrogen and oxygen atoms in total. The summed E-state index contributed by atoms with van der Waals surface area (Å²) in [4.78, 5) is 17.8. The van der Waals surface area contributed by atoms with Crippen molar-refractivity contribution in [3.63, 3.8) is 0 Å². The van der Waals surface area contributed by atoms with E-state index >= 15 is 0 Å². The fraction of sp³-hybridized carbons (Fsp3) is 0.588. The van der Waals surface area contributed by atoms with Crippen LogP contribution in [0.15, 0.2) is 12.3 Å². The molecule has 3 heterocycles. The van der Waals surface area contributed by atoms with Crippen molar-refractivity contribution in [2.24, 2.45) is 5.92 Å². The van der Waals surface area contributed by atoms with Gasteiger partial charge in [-0.15, -0.1) is 0 Å². The molecule has 0 aromatic carbocycles. The van der Waals surface area contributed by atoms with E-state index in [1.165, 1.54) is 0 Å². The number of hydrogen-bond donors (Lipinski definition) is 1. The highest BCUT2D eigenvalue weighted by Gasteiger charge is 2.36. The number of imidazole rings is 1. The largest absolute Gasteiger partial charge is 0.434 e. The highest BCUT2D eigenvalue weighted by molar-refractivity contribution is 5.92. The number of carbonyl (C=O) groups is 1. The van der Waals surface area contributed by atoms with Crippen molar-refractivity contribution in [2.75, 3.05) is 13.6 Å². The molecule has 26 heavy (non-hydrogen) atoms. The Morgan fingerprint density at radius 1 is 1.46 bits per heavy atom. The number of aromatic nitrogens is 4. The summed E-state index contributed by atoms with van der Waals surface area (Å²) < 4.78 is 39.9. The average Bonchev–Trinajstić information content (AvgIpc) is 3.20. The number of rotatable bonds is 4. The predicted molar refractivity (Wildman–Crippen MR) is 88.7 cm³/mol. The number of aromatic amines is 1. The van der Waals surface area contributed by atoms with Crippen molar-refractivity contribution in [1.29, 1.82) is 0 Å². The second kappa shape index (κ2) is 6.77. The first kappa shape index (κ1) is 18.5. The SMILES string of the molecule is CC(C)c1cc(C(=O)N(C)C[C@H]2CCc3nc(C(F)(F)F)cn3C2)n[nH]1. The van der Waals surface area contributed by atoms with Crippen molar-refractivity contribution in [1.82, 2.24) is 24.6 Å². The van der Waals surface area contributed by atoms with Crippen LogP contribution in [0.25, 0.3) is 0 Å². The van der Waals surface area contributed by atoms with E-state index in [1.807, 2.05) is 13.8 Å². The first-order chi connectivity index (χ1) is 12.1. The molecule has 0 bridgehead atoms. The molecule has 1 N–H and O–H groups in total. The number of amides is 1. The Bertz CT molecular complexity index is 793. The van der Waals surface area contributed by atoms with Gasteiger partial charge in [0, 0.05) is 38.4 Å². The number of alkyl halides is 3. The maximum Gasteiger partial charge on any atom is 0.434 e.